The molecule has 168 valence electrons. The minimum Gasteiger partial charge on any atom is -0.465 e. The van der Waals surface area contributed by atoms with Crippen molar-refractivity contribution in [2.45, 2.75) is 44.3 Å². The zero-order chi connectivity index (χ0) is 22.7. The lowest BCUT2D eigenvalue weighted by Crippen LogP contribution is -2.43. The minimum absolute atomic E-state index is 0.0104. The average Bonchev–Trinajstić information content (AvgIpc) is 2.78. The van der Waals surface area contributed by atoms with E-state index in [9.17, 15) is 9.90 Å². The van der Waals surface area contributed by atoms with Crippen molar-refractivity contribution in [1.82, 2.24) is 9.88 Å². The molecule has 32 heavy (non-hydrogen) atoms. The molecule has 1 heterocycles. The van der Waals surface area contributed by atoms with Crippen LogP contribution in [0.2, 0.25) is 5.02 Å². The number of amides is 1. The van der Waals surface area contributed by atoms with Crippen LogP contribution < -0.4 is 10.2 Å². The maximum absolute atomic E-state index is 12.0. The van der Waals surface area contributed by atoms with E-state index in [0.717, 1.165) is 53.7 Å². The van der Waals surface area contributed by atoms with Crippen LogP contribution >= 0.6 is 11.6 Å². The third-order valence-corrected chi connectivity index (χ3v) is 6.58. The lowest BCUT2D eigenvalue weighted by molar-refractivity contribution is 0.105. The third kappa shape index (κ3) is 4.91. The van der Waals surface area contributed by atoms with Gasteiger partial charge in [-0.15, -0.1) is 0 Å². The first-order valence-electron chi connectivity index (χ1n) is 11.0. The Hall–Kier alpha value is -2.99. The van der Waals surface area contributed by atoms with E-state index in [0.29, 0.717) is 11.6 Å². The van der Waals surface area contributed by atoms with Gasteiger partial charge in [0.1, 0.15) is 5.82 Å². The van der Waals surface area contributed by atoms with Crippen molar-refractivity contribution in [3.8, 4) is 0 Å². The summed E-state index contributed by atoms with van der Waals surface area (Å²) in [4.78, 5) is 20.4. The van der Waals surface area contributed by atoms with Crippen LogP contribution in [-0.4, -0.2) is 47.3 Å². The number of anilines is 2. The predicted octanol–water partition coefficient (Wildman–Crippen LogP) is 5.86. The fourth-order valence-corrected chi connectivity index (χ4v) is 4.70. The van der Waals surface area contributed by atoms with Gasteiger partial charge in [0, 0.05) is 48.3 Å². The fraction of sp³-hybridized carbons (Fsp3) is 0.360. The number of fused-ring (bicyclic) bond motifs is 1. The first-order valence-corrected chi connectivity index (χ1v) is 11.4. The van der Waals surface area contributed by atoms with Crippen molar-refractivity contribution in [3.63, 3.8) is 0 Å². The number of benzene rings is 2. The summed E-state index contributed by atoms with van der Waals surface area (Å²) in [6.07, 6.45) is 2.50. The number of carboxylic acid groups (broad SMARTS) is 1. The van der Waals surface area contributed by atoms with E-state index in [1.54, 1.807) is 6.07 Å². The van der Waals surface area contributed by atoms with Gasteiger partial charge in [0.05, 0.1) is 12.1 Å². The number of nitrogens with zero attached hydrogens (tertiary/aromatic N) is 3. The van der Waals surface area contributed by atoms with Crippen molar-refractivity contribution in [3.05, 3.63) is 65.2 Å². The molecule has 1 aromatic heterocycles. The molecule has 1 aliphatic carbocycles. The molecule has 3 aromatic rings. The summed E-state index contributed by atoms with van der Waals surface area (Å²) in [5, 5.41) is 15.1. The average molecular weight is 453 g/mol. The van der Waals surface area contributed by atoms with Crippen LogP contribution in [0.5, 0.6) is 0 Å². The van der Waals surface area contributed by atoms with Gasteiger partial charge in [-0.1, -0.05) is 48.0 Å². The number of halogens is 1. The third-order valence-electron chi connectivity index (χ3n) is 6.21. The first-order chi connectivity index (χ1) is 15.4. The molecule has 4 rings (SSSR count). The summed E-state index contributed by atoms with van der Waals surface area (Å²) in [5.74, 6) is 0.863. The summed E-state index contributed by atoms with van der Waals surface area (Å²) < 4.78 is 0. The number of para-hydroxylation sites is 1. The molecule has 2 aromatic carbocycles. The van der Waals surface area contributed by atoms with Crippen LogP contribution in [0.15, 0.2) is 54.6 Å². The van der Waals surface area contributed by atoms with E-state index in [1.165, 1.54) is 4.90 Å². The summed E-state index contributed by atoms with van der Waals surface area (Å²) in [7, 11) is 4.08. The topological polar surface area (TPSA) is 68.7 Å². The zero-order valence-corrected chi connectivity index (χ0v) is 19.2. The lowest BCUT2D eigenvalue weighted by Gasteiger charge is -2.36. The van der Waals surface area contributed by atoms with Gasteiger partial charge in [-0.3, -0.25) is 0 Å². The Bertz CT molecular complexity index is 1100. The Morgan fingerprint density at radius 2 is 1.78 bits per heavy atom. The lowest BCUT2D eigenvalue weighted by atomic mass is 9.90. The highest BCUT2D eigenvalue weighted by molar-refractivity contribution is 6.31. The molecule has 0 aliphatic heterocycles. The largest absolute Gasteiger partial charge is 0.465 e. The van der Waals surface area contributed by atoms with Crippen molar-refractivity contribution in [2.24, 2.45) is 0 Å². The molecule has 0 atom stereocenters. The van der Waals surface area contributed by atoms with Crippen LogP contribution in [0.25, 0.3) is 10.9 Å². The van der Waals surface area contributed by atoms with Crippen molar-refractivity contribution in [1.29, 1.82) is 0 Å². The van der Waals surface area contributed by atoms with Gasteiger partial charge in [0.25, 0.3) is 0 Å². The van der Waals surface area contributed by atoms with E-state index in [4.69, 9.17) is 16.6 Å². The molecule has 1 saturated carbocycles. The Labute approximate surface area is 193 Å². The van der Waals surface area contributed by atoms with Crippen LogP contribution in [0.3, 0.4) is 0 Å². The fourth-order valence-electron chi connectivity index (χ4n) is 4.50. The molecule has 0 spiro atoms. The van der Waals surface area contributed by atoms with Gasteiger partial charge in [-0.25, -0.2) is 9.78 Å². The molecule has 6 nitrogen and oxygen atoms in total. The smallest absolute Gasteiger partial charge is 0.407 e. The van der Waals surface area contributed by atoms with E-state index in [2.05, 4.69) is 22.3 Å². The van der Waals surface area contributed by atoms with E-state index < -0.39 is 6.09 Å². The predicted molar refractivity (Wildman–Crippen MR) is 131 cm³/mol. The minimum atomic E-state index is -0.895. The van der Waals surface area contributed by atoms with Crippen LogP contribution in [-0.2, 0) is 6.54 Å². The first kappa shape index (κ1) is 22.2. The molecule has 1 fully saturated rings. The molecular weight excluding hydrogens is 424 g/mol. The summed E-state index contributed by atoms with van der Waals surface area (Å²) in [5.41, 5.74) is 2.93. The monoisotopic (exact) mass is 452 g/mol. The Kier molecular flexibility index (Phi) is 6.70. The van der Waals surface area contributed by atoms with Crippen LogP contribution in [0, 0.1) is 0 Å². The normalized spacial score (nSPS) is 18.3. The maximum Gasteiger partial charge on any atom is 0.407 e. The highest BCUT2D eigenvalue weighted by atomic mass is 35.5. The molecule has 0 radical (unpaired) electrons. The van der Waals surface area contributed by atoms with Gasteiger partial charge < -0.3 is 20.2 Å². The summed E-state index contributed by atoms with van der Waals surface area (Å²) in [6.45, 7) is 0.316. The van der Waals surface area contributed by atoms with Gasteiger partial charge in [0.2, 0.25) is 0 Å². The summed E-state index contributed by atoms with van der Waals surface area (Å²) >= 11 is 6.26. The molecule has 2 N–H and O–H groups in total. The SMILES string of the molecule is CN(C)c1cc(NC2CCC(N(Cc3ccccc3Cl)C(=O)O)CC2)nc2ccccc12. The van der Waals surface area contributed by atoms with Gasteiger partial charge in [0.15, 0.2) is 0 Å². The van der Waals surface area contributed by atoms with E-state index >= 15 is 0 Å². The molecule has 0 bridgehead atoms. The second-order valence-corrected chi connectivity index (χ2v) is 9.00. The van der Waals surface area contributed by atoms with Gasteiger partial charge in [-0.05, 0) is 43.4 Å². The van der Waals surface area contributed by atoms with E-state index in [1.807, 2.05) is 50.5 Å². The summed E-state index contributed by atoms with van der Waals surface area (Å²) in [6, 6.07) is 17.9. The molecule has 1 aliphatic rings. The second-order valence-electron chi connectivity index (χ2n) is 8.59. The van der Waals surface area contributed by atoms with E-state index in [-0.39, 0.29) is 12.1 Å². The molecule has 0 unspecified atom stereocenters. The molecule has 7 heteroatoms. The standard InChI is InChI=1S/C25H29ClN4O2/c1-29(2)23-15-24(28-22-10-6-4-8-20(22)23)27-18-11-13-19(14-12-18)30(25(31)32)16-17-7-3-5-9-21(17)26/h3-10,15,18-19H,11-14,16H2,1-2H3,(H,27,28)(H,31,32). The molecular formula is C25H29ClN4O2. The van der Waals surface area contributed by atoms with Crippen molar-refractivity contribution >= 4 is 40.1 Å². The number of nitrogens with one attached hydrogen (secondary N) is 1. The van der Waals surface area contributed by atoms with Crippen molar-refractivity contribution in [2.75, 3.05) is 24.3 Å². The van der Waals surface area contributed by atoms with Crippen LogP contribution in [0.1, 0.15) is 31.2 Å². The van der Waals surface area contributed by atoms with Gasteiger partial charge in [-0.2, -0.15) is 0 Å². The second kappa shape index (κ2) is 9.65. The van der Waals surface area contributed by atoms with Gasteiger partial charge >= 0.3 is 6.09 Å². The number of pyridine rings is 1. The number of hydrogen-bond acceptors (Lipinski definition) is 4. The maximum atomic E-state index is 12.0. The Morgan fingerprint density at radius 1 is 1.09 bits per heavy atom. The zero-order valence-electron chi connectivity index (χ0n) is 18.5. The number of rotatable bonds is 6. The number of aromatic nitrogens is 1. The Morgan fingerprint density at radius 3 is 2.47 bits per heavy atom. The number of hydrogen-bond donors (Lipinski definition) is 2. The number of carbonyl (C=O) groups is 1. The molecule has 1 amide bonds. The highest BCUT2D eigenvalue weighted by Crippen LogP contribution is 2.31. The highest BCUT2D eigenvalue weighted by Gasteiger charge is 2.29. The Balaban J connectivity index is 1.43. The van der Waals surface area contributed by atoms with Crippen LogP contribution in [0.4, 0.5) is 16.3 Å². The van der Waals surface area contributed by atoms with Crippen molar-refractivity contribution < 1.29 is 9.90 Å². The molecule has 0 saturated heterocycles. The quantitative estimate of drug-likeness (QED) is 0.490.